The molecule has 0 amide bonds. The molecular weight excluding hydrogens is 226 g/mol. The van der Waals surface area contributed by atoms with Gasteiger partial charge in [0.15, 0.2) is 0 Å². The largest absolute Gasteiger partial charge is 0.381 e. The summed E-state index contributed by atoms with van der Waals surface area (Å²) in [4.78, 5) is 0. The lowest BCUT2D eigenvalue weighted by molar-refractivity contribution is -0.0937. The molecule has 0 bridgehead atoms. The van der Waals surface area contributed by atoms with Gasteiger partial charge in [-0.2, -0.15) is 0 Å². The number of nitrogens with one attached hydrogen (secondary N) is 1. The van der Waals surface area contributed by atoms with Gasteiger partial charge in [0.05, 0.1) is 12.2 Å². The van der Waals surface area contributed by atoms with Crippen molar-refractivity contribution in [2.24, 2.45) is 11.8 Å². The lowest BCUT2D eigenvalue weighted by atomic mass is 9.91. The van der Waals surface area contributed by atoms with Crippen LogP contribution in [-0.2, 0) is 9.47 Å². The minimum Gasteiger partial charge on any atom is -0.381 e. The number of morpholine rings is 1. The SMILES string of the molecule is C1CCC(CC2CNCC(C3CCOCC3)O2)C1. The Morgan fingerprint density at radius 2 is 1.72 bits per heavy atom. The third-order valence-electron chi connectivity index (χ3n) is 4.95. The molecule has 3 rings (SSSR count). The summed E-state index contributed by atoms with van der Waals surface area (Å²) >= 11 is 0. The van der Waals surface area contributed by atoms with Gasteiger partial charge in [0, 0.05) is 26.3 Å². The van der Waals surface area contributed by atoms with Crippen LogP contribution in [-0.4, -0.2) is 38.5 Å². The molecule has 0 spiro atoms. The minimum atomic E-state index is 0.439. The van der Waals surface area contributed by atoms with Gasteiger partial charge in [0.1, 0.15) is 0 Å². The van der Waals surface area contributed by atoms with E-state index in [4.69, 9.17) is 9.47 Å². The maximum Gasteiger partial charge on any atom is 0.0733 e. The second-order valence-corrected chi connectivity index (χ2v) is 6.29. The maximum absolute atomic E-state index is 6.37. The van der Waals surface area contributed by atoms with Gasteiger partial charge in [-0.1, -0.05) is 25.7 Å². The quantitative estimate of drug-likeness (QED) is 0.837. The summed E-state index contributed by atoms with van der Waals surface area (Å²) in [5.41, 5.74) is 0. The third-order valence-corrected chi connectivity index (χ3v) is 4.95. The van der Waals surface area contributed by atoms with Crippen molar-refractivity contribution in [3.05, 3.63) is 0 Å². The van der Waals surface area contributed by atoms with Crippen LogP contribution in [0.5, 0.6) is 0 Å². The summed E-state index contributed by atoms with van der Waals surface area (Å²) in [5, 5.41) is 3.59. The van der Waals surface area contributed by atoms with Crippen molar-refractivity contribution in [1.82, 2.24) is 5.32 Å². The molecule has 2 atom stereocenters. The molecule has 104 valence electrons. The van der Waals surface area contributed by atoms with Crippen molar-refractivity contribution >= 4 is 0 Å². The highest BCUT2D eigenvalue weighted by molar-refractivity contribution is 4.83. The Kier molecular flexibility index (Phi) is 4.55. The van der Waals surface area contributed by atoms with Gasteiger partial charge in [-0.3, -0.25) is 0 Å². The van der Waals surface area contributed by atoms with Crippen LogP contribution in [0.3, 0.4) is 0 Å². The zero-order chi connectivity index (χ0) is 12.2. The Morgan fingerprint density at radius 1 is 0.944 bits per heavy atom. The molecule has 3 aliphatic rings. The molecule has 3 fully saturated rings. The van der Waals surface area contributed by atoms with Crippen LogP contribution in [0.2, 0.25) is 0 Å². The van der Waals surface area contributed by atoms with E-state index in [-0.39, 0.29) is 0 Å². The Labute approximate surface area is 111 Å². The van der Waals surface area contributed by atoms with E-state index in [0.717, 1.165) is 38.1 Å². The topological polar surface area (TPSA) is 30.5 Å². The fraction of sp³-hybridized carbons (Fsp3) is 1.00. The molecule has 18 heavy (non-hydrogen) atoms. The zero-order valence-corrected chi connectivity index (χ0v) is 11.4. The van der Waals surface area contributed by atoms with Gasteiger partial charge in [-0.15, -0.1) is 0 Å². The van der Waals surface area contributed by atoms with E-state index in [0.29, 0.717) is 12.2 Å². The first kappa shape index (κ1) is 12.9. The van der Waals surface area contributed by atoms with E-state index in [9.17, 15) is 0 Å². The molecule has 2 saturated heterocycles. The number of hydrogen-bond donors (Lipinski definition) is 1. The Balaban J connectivity index is 1.47. The molecular formula is C15H27NO2. The first-order valence-electron chi connectivity index (χ1n) is 7.86. The van der Waals surface area contributed by atoms with Gasteiger partial charge in [-0.05, 0) is 31.1 Å². The van der Waals surface area contributed by atoms with Gasteiger partial charge >= 0.3 is 0 Å². The molecule has 1 aliphatic carbocycles. The maximum atomic E-state index is 6.37. The average molecular weight is 253 g/mol. The predicted octanol–water partition coefficient (Wildman–Crippen LogP) is 2.35. The molecule has 0 radical (unpaired) electrons. The van der Waals surface area contributed by atoms with Crippen molar-refractivity contribution in [2.45, 2.75) is 57.2 Å². The molecule has 0 aromatic carbocycles. The lowest BCUT2D eigenvalue weighted by Gasteiger charge is -2.38. The van der Waals surface area contributed by atoms with Crippen LogP contribution in [0.1, 0.15) is 44.9 Å². The minimum absolute atomic E-state index is 0.439. The molecule has 1 N–H and O–H groups in total. The van der Waals surface area contributed by atoms with Gasteiger partial charge in [-0.25, -0.2) is 0 Å². The highest BCUT2D eigenvalue weighted by atomic mass is 16.5. The average Bonchev–Trinajstić information content (AvgIpc) is 2.93. The smallest absolute Gasteiger partial charge is 0.0733 e. The Hall–Kier alpha value is -0.120. The van der Waals surface area contributed by atoms with Gasteiger partial charge in [0.2, 0.25) is 0 Å². The molecule has 2 unspecified atom stereocenters. The van der Waals surface area contributed by atoms with E-state index in [1.165, 1.54) is 44.9 Å². The highest BCUT2D eigenvalue weighted by Crippen LogP contribution is 2.31. The summed E-state index contributed by atoms with van der Waals surface area (Å²) in [6.45, 7) is 3.97. The van der Waals surface area contributed by atoms with Crippen LogP contribution in [0.25, 0.3) is 0 Å². The number of rotatable bonds is 3. The molecule has 3 nitrogen and oxygen atoms in total. The van der Waals surface area contributed by atoms with Crippen LogP contribution < -0.4 is 5.32 Å². The third kappa shape index (κ3) is 3.25. The number of ether oxygens (including phenoxy) is 2. The van der Waals surface area contributed by atoms with Gasteiger partial charge in [0.25, 0.3) is 0 Å². The van der Waals surface area contributed by atoms with Crippen LogP contribution >= 0.6 is 0 Å². The number of hydrogen-bond acceptors (Lipinski definition) is 3. The van der Waals surface area contributed by atoms with E-state index >= 15 is 0 Å². The fourth-order valence-electron chi connectivity index (χ4n) is 3.85. The van der Waals surface area contributed by atoms with E-state index < -0.39 is 0 Å². The molecule has 3 heteroatoms. The van der Waals surface area contributed by atoms with Gasteiger partial charge < -0.3 is 14.8 Å². The zero-order valence-electron chi connectivity index (χ0n) is 11.4. The molecule has 0 aromatic rings. The summed E-state index contributed by atoms with van der Waals surface area (Å²) < 4.78 is 11.8. The molecule has 1 saturated carbocycles. The van der Waals surface area contributed by atoms with Crippen molar-refractivity contribution in [1.29, 1.82) is 0 Å². The summed E-state index contributed by atoms with van der Waals surface area (Å²) in [6, 6.07) is 0. The summed E-state index contributed by atoms with van der Waals surface area (Å²) in [6.07, 6.45) is 10.3. The standard InChI is InChI=1S/C15H27NO2/c1-2-4-12(3-1)9-14-10-16-11-15(18-14)13-5-7-17-8-6-13/h12-16H,1-11H2. The van der Waals surface area contributed by atoms with E-state index in [1.54, 1.807) is 0 Å². The molecule has 2 heterocycles. The van der Waals surface area contributed by atoms with Crippen molar-refractivity contribution < 1.29 is 9.47 Å². The Morgan fingerprint density at radius 3 is 2.50 bits per heavy atom. The van der Waals surface area contributed by atoms with Crippen LogP contribution in [0.4, 0.5) is 0 Å². The normalized spacial score (nSPS) is 36.0. The Bertz CT molecular complexity index is 247. The van der Waals surface area contributed by atoms with Crippen molar-refractivity contribution in [3.63, 3.8) is 0 Å². The summed E-state index contributed by atoms with van der Waals surface area (Å²) in [7, 11) is 0. The highest BCUT2D eigenvalue weighted by Gasteiger charge is 2.31. The summed E-state index contributed by atoms with van der Waals surface area (Å²) in [5.74, 6) is 1.66. The van der Waals surface area contributed by atoms with Crippen LogP contribution in [0, 0.1) is 11.8 Å². The second kappa shape index (κ2) is 6.36. The monoisotopic (exact) mass is 253 g/mol. The fourth-order valence-corrected chi connectivity index (χ4v) is 3.85. The van der Waals surface area contributed by atoms with Crippen molar-refractivity contribution in [2.75, 3.05) is 26.3 Å². The molecule has 0 aromatic heterocycles. The van der Waals surface area contributed by atoms with Crippen LogP contribution in [0.15, 0.2) is 0 Å². The van der Waals surface area contributed by atoms with Crippen molar-refractivity contribution in [3.8, 4) is 0 Å². The second-order valence-electron chi connectivity index (χ2n) is 6.29. The van der Waals surface area contributed by atoms with E-state index in [1.807, 2.05) is 0 Å². The first-order chi connectivity index (χ1) is 8.92. The molecule has 2 aliphatic heterocycles. The first-order valence-corrected chi connectivity index (χ1v) is 7.86. The lowest BCUT2D eigenvalue weighted by Crippen LogP contribution is -2.49. The van der Waals surface area contributed by atoms with E-state index in [2.05, 4.69) is 5.32 Å². The predicted molar refractivity (Wildman–Crippen MR) is 71.6 cm³/mol.